The second-order valence-electron chi connectivity index (χ2n) is 8.33. The summed E-state index contributed by atoms with van der Waals surface area (Å²) >= 11 is 0. The van der Waals surface area contributed by atoms with Gasteiger partial charge in [0.15, 0.2) is 0 Å². The summed E-state index contributed by atoms with van der Waals surface area (Å²) in [5.41, 5.74) is 1.72. The van der Waals surface area contributed by atoms with Gasteiger partial charge in [0.2, 0.25) is 0 Å². The van der Waals surface area contributed by atoms with Crippen LogP contribution < -0.4 is 19.1 Å². The Bertz CT molecular complexity index is 1310. The van der Waals surface area contributed by atoms with Crippen molar-refractivity contribution in [2.45, 2.75) is 37.1 Å². The zero-order chi connectivity index (χ0) is 27.9. The van der Waals surface area contributed by atoms with Crippen LogP contribution in [0.2, 0.25) is 0 Å². The number of benzene rings is 2. The molecule has 3 atom stereocenters. The standard InChI is InChI=1S/C25H32N4O8S/c1-4-37-25-16(2)11-18(28-17-9-10-26-27-13-17)12-19(25)29(14-20(31)24(33)21(32)15-30)38(34,35)23-8-6-5-7-22(23)36-3/h5-13,20-21,24,30-33H,4,14-15H2,1-3H3,(H,26,28). The summed E-state index contributed by atoms with van der Waals surface area (Å²) in [5, 5.41) is 50.9. The molecule has 0 radical (unpaired) electrons. The molecule has 0 aliphatic heterocycles. The Balaban J connectivity index is 2.22. The maximum Gasteiger partial charge on any atom is 0.268 e. The van der Waals surface area contributed by atoms with Crippen LogP contribution in [0, 0.1) is 6.92 Å². The number of hydrogen-bond acceptors (Lipinski definition) is 11. The van der Waals surface area contributed by atoms with Crippen molar-refractivity contribution in [2.24, 2.45) is 0 Å². The molecule has 3 rings (SSSR count). The summed E-state index contributed by atoms with van der Waals surface area (Å²) in [5.74, 6) is 0.295. The van der Waals surface area contributed by atoms with Crippen molar-refractivity contribution in [3.63, 3.8) is 0 Å². The summed E-state index contributed by atoms with van der Waals surface area (Å²) < 4.78 is 40.2. The number of para-hydroxylation sites is 1. The van der Waals surface area contributed by atoms with Gasteiger partial charge in [-0.15, -0.1) is 0 Å². The molecular formula is C25H32N4O8S. The average molecular weight is 549 g/mol. The highest BCUT2D eigenvalue weighted by Crippen LogP contribution is 2.40. The topological polar surface area (TPSA) is 175 Å². The molecule has 0 bridgehead atoms. The van der Waals surface area contributed by atoms with Gasteiger partial charge in [0.25, 0.3) is 10.0 Å². The SMILES string of the molecule is CCOc1c(C)cc(Nc2ccnnc2)cc1N(CC(O)C(O)C(O)CO)S(=O)(=O)c1ccccc1OC. The van der Waals surface area contributed by atoms with Gasteiger partial charge < -0.3 is 35.2 Å². The van der Waals surface area contributed by atoms with Crippen LogP contribution in [0.4, 0.5) is 17.1 Å². The van der Waals surface area contributed by atoms with E-state index in [1.807, 2.05) is 0 Å². The van der Waals surface area contributed by atoms with E-state index >= 15 is 0 Å². The Morgan fingerprint density at radius 2 is 1.79 bits per heavy atom. The van der Waals surface area contributed by atoms with Gasteiger partial charge in [0, 0.05) is 5.69 Å². The van der Waals surface area contributed by atoms with E-state index in [-0.39, 0.29) is 28.7 Å². The Kier molecular flexibility index (Phi) is 9.83. The number of hydrogen-bond donors (Lipinski definition) is 5. The maximum absolute atomic E-state index is 14.1. The molecule has 0 saturated heterocycles. The molecule has 0 amide bonds. The van der Waals surface area contributed by atoms with Gasteiger partial charge in [0.1, 0.15) is 34.7 Å². The molecule has 3 aromatic rings. The minimum atomic E-state index is -4.44. The molecular weight excluding hydrogens is 516 g/mol. The zero-order valence-electron chi connectivity index (χ0n) is 21.2. The summed E-state index contributed by atoms with van der Waals surface area (Å²) in [6.07, 6.45) is -2.33. The van der Waals surface area contributed by atoms with Crippen LogP contribution in [0.5, 0.6) is 11.5 Å². The lowest BCUT2D eigenvalue weighted by Crippen LogP contribution is -2.47. The van der Waals surface area contributed by atoms with E-state index in [2.05, 4.69) is 15.5 Å². The van der Waals surface area contributed by atoms with E-state index in [4.69, 9.17) is 9.47 Å². The maximum atomic E-state index is 14.1. The molecule has 5 N–H and O–H groups in total. The number of aromatic nitrogens is 2. The van der Waals surface area contributed by atoms with E-state index < -0.39 is 41.5 Å². The lowest BCUT2D eigenvalue weighted by molar-refractivity contribution is -0.0723. The zero-order valence-corrected chi connectivity index (χ0v) is 22.0. The number of nitrogens with one attached hydrogen (secondary N) is 1. The molecule has 1 heterocycles. The minimum Gasteiger partial charge on any atom is -0.495 e. The quantitative estimate of drug-likeness (QED) is 0.208. The Labute approximate surface area is 221 Å². The fraction of sp³-hybridized carbons (Fsp3) is 0.360. The van der Waals surface area contributed by atoms with E-state index in [9.17, 15) is 28.8 Å². The van der Waals surface area contributed by atoms with E-state index in [1.54, 1.807) is 32.0 Å². The van der Waals surface area contributed by atoms with Crippen LogP contribution in [0.1, 0.15) is 12.5 Å². The number of rotatable bonds is 13. The van der Waals surface area contributed by atoms with E-state index in [0.717, 1.165) is 4.31 Å². The van der Waals surface area contributed by atoms with Gasteiger partial charge in [0.05, 0.1) is 50.6 Å². The normalized spacial score (nSPS) is 13.9. The van der Waals surface area contributed by atoms with Crippen LogP contribution in [0.3, 0.4) is 0 Å². The van der Waals surface area contributed by atoms with Crippen molar-refractivity contribution in [3.05, 3.63) is 60.4 Å². The van der Waals surface area contributed by atoms with Gasteiger partial charge in [-0.05, 0) is 49.7 Å². The number of aryl methyl sites for hydroxylation is 1. The minimum absolute atomic E-state index is 0.0620. The molecule has 3 unspecified atom stereocenters. The first-order valence-electron chi connectivity index (χ1n) is 11.8. The first kappa shape index (κ1) is 29.1. The van der Waals surface area contributed by atoms with Crippen molar-refractivity contribution in [1.82, 2.24) is 10.2 Å². The largest absolute Gasteiger partial charge is 0.495 e. The van der Waals surface area contributed by atoms with Crippen molar-refractivity contribution >= 4 is 27.1 Å². The molecule has 0 aliphatic carbocycles. The molecule has 206 valence electrons. The number of nitrogens with zero attached hydrogens (tertiary/aromatic N) is 3. The highest BCUT2D eigenvalue weighted by atomic mass is 32.2. The number of ether oxygens (including phenoxy) is 2. The Morgan fingerprint density at radius 3 is 2.42 bits per heavy atom. The average Bonchev–Trinajstić information content (AvgIpc) is 2.92. The van der Waals surface area contributed by atoms with E-state index in [1.165, 1.54) is 43.8 Å². The van der Waals surface area contributed by atoms with Crippen molar-refractivity contribution in [1.29, 1.82) is 0 Å². The summed E-state index contributed by atoms with van der Waals surface area (Å²) in [6, 6.07) is 10.9. The summed E-state index contributed by atoms with van der Waals surface area (Å²) in [7, 11) is -3.11. The second-order valence-corrected chi connectivity index (χ2v) is 10.2. The predicted molar refractivity (Wildman–Crippen MR) is 140 cm³/mol. The predicted octanol–water partition coefficient (Wildman–Crippen LogP) is 1.21. The third kappa shape index (κ3) is 6.49. The monoisotopic (exact) mass is 548 g/mol. The van der Waals surface area contributed by atoms with Gasteiger partial charge in [-0.2, -0.15) is 10.2 Å². The van der Waals surface area contributed by atoms with Crippen LogP contribution >= 0.6 is 0 Å². The van der Waals surface area contributed by atoms with Crippen LogP contribution in [0.15, 0.2) is 59.8 Å². The van der Waals surface area contributed by atoms with Gasteiger partial charge in [-0.3, -0.25) is 4.31 Å². The smallest absolute Gasteiger partial charge is 0.268 e. The molecule has 38 heavy (non-hydrogen) atoms. The molecule has 0 saturated carbocycles. The molecule has 0 spiro atoms. The first-order chi connectivity index (χ1) is 18.1. The molecule has 1 aromatic heterocycles. The number of methoxy groups -OCH3 is 1. The Hall–Kier alpha value is -3.49. The van der Waals surface area contributed by atoms with Gasteiger partial charge >= 0.3 is 0 Å². The van der Waals surface area contributed by atoms with Crippen LogP contribution in [-0.2, 0) is 10.0 Å². The third-order valence-corrected chi connectivity index (χ3v) is 7.47. The lowest BCUT2D eigenvalue weighted by atomic mass is 10.1. The van der Waals surface area contributed by atoms with Crippen molar-refractivity contribution in [2.75, 3.05) is 36.5 Å². The second kappa shape index (κ2) is 12.8. The van der Waals surface area contributed by atoms with Crippen molar-refractivity contribution < 1.29 is 38.3 Å². The molecule has 2 aromatic carbocycles. The fourth-order valence-corrected chi connectivity index (χ4v) is 5.43. The van der Waals surface area contributed by atoms with Gasteiger partial charge in [-0.1, -0.05) is 12.1 Å². The van der Waals surface area contributed by atoms with Crippen molar-refractivity contribution in [3.8, 4) is 11.5 Å². The number of sulfonamides is 1. The molecule has 13 heteroatoms. The van der Waals surface area contributed by atoms with Crippen LogP contribution in [-0.4, -0.2) is 84.2 Å². The fourth-order valence-electron chi connectivity index (χ4n) is 3.80. The first-order valence-corrected chi connectivity index (χ1v) is 13.2. The van der Waals surface area contributed by atoms with Gasteiger partial charge in [-0.25, -0.2) is 8.42 Å². The molecule has 12 nitrogen and oxygen atoms in total. The highest BCUT2D eigenvalue weighted by molar-refractivity contribution is 7.93. The highest BCUT2D eigenvalue weighted by Gasteiger charge is 2.35. The summed E-state index contributed by atoms with van der Waals surface area (Å²) in [6.45, 7) is 2.18. The molecule has 0 fully saturated rings. The number of aliphatic hydroxyl groups is 4. The number of aliphatic hydroxyl groups excluding tert-OH is 4. The van der Waals surface area contributed by atoms with Crippen LogP contribution in [0.25, 0.3) is 0 Å². The Morgan fingerprint density at radius 1 is 1.05 bits per heavy atom. The third-order valence-electron chi connectivity index (χ3n) is 5.65. The lowest BCUT2D eigenvalue weighted by Gasteiger charge is -2.32. The number of anilines is 3. The molecule has 0 aliphatic rings. The summed E-state index contributed by atoms with van der Waals surface area (Å²) in [4.78, 5) is -0.191. The van der Waals surface area contributed by atoms with E-state index in [0.29, 0.717) is 16.9 Å².